The number of ether oxygens (including phenoxy) is 1. The lowest BCUT2D eigenvalue weighted by Crippen LogP contribution is -2.10. The molecule has 0 fully saturated rings. The molecular formula is C14H18ClN3O2. The van der Waals surface area contributed by atoms with E-state index in [9.17, 15) is 5.11 Å². The van der Waals surface area contributed by atoms with Crippen LogP contribution in [0.3, 0.4) is 0 Å². The molecule has 5 nitrogen and oxygen atoms in total. The summed E-state index contributed by atoms with van der Waals surface area (Å²) in [5.41, 5.74) is 0.738. The van der Waals surface area contributed by atoms with Crippen LogP contribution in [0, 0.1) is 0 Å². The van der Waals surface area contributed by atoms with Crippen molar-refractivity contribution >= 4 is 11.6 Å². The van der Waals surface area contributed by atoms with Gasteiger partial charge in [-0.05, 0) is 24.1 Å². The number of methoxy groups -OCH3 is 1. The highest BCUT2D eigenvalue weighted by atomic mass is 35.5. The summed E-state index contributed by atoms with van der Waals surface area (Å²) in [6, 6.07) is 5.26. The quantitative estimate of drug-likeness (QED) is 0.890. The number of rotatable bonds is 6. The van der Waals surface area contributed by atoms with Crippen LogP contribution in [0.4, 0.5) is 0 Å². The third-order valence-corrected chi connectivity index (χ3v) is 3.36. The van der Waals surface area contributed by atoms with Crippen LogP contribution >= 0.6 is 11.6 Å². The number of halogens is 1. The third kappa shape index (κ3) is 3.29. The van der Waals surface area contributed by atoms with Gasteiger partial charge in [-0.15, -0.1) is 0 Å². The van der Waals surface area contributed by atoms with E-state index in [0.29, 0.717) is 17.2 Å². The molecule has 1 heterocycles. The fourth-order valence-electron chi connectivity index (χ4n) is 2.03. The van der Waals surface area contributed by atoms with Gasteiger partial charge in [-0.3, -0.25) is 4.68 Å². The summed E-state index contributed by atoms with van der Waals surface area (Å²) >= 11 is 6.07. The summed E-state index contributed by atoms with van der Waals surface area (Å²) in [4.78, 5) is 4.19. The Labute approximate surface area is 123 Å². The minimum Gasteiger partial charge on any atom is -0.495 e. The molecule has 20 heavy (non-hydrogen) atoms. The molecule has 108 valence electrons. The molecule has 2 aromatic rings. The molecule has 6 heteroatoms. The van der Waals surface area contributed by atoms with Crippen molar-refractivity contribution in [1.82, 2.24) is 14.8 Å². The molecule has 0 saturated heterocycles. The monoisotopic (exact) mass is 295 g/mol. The van der Waals surface area contributed by atoms with Crippen molar-refractivity contribution in [3.8, 4) is 5.75 Å². The SMILES string of the molecule is CCCn1ncnc1CC(O)c1ccc(OC)c(Cl)c1. The van der Waals surface area contributed by atoms with Crippen LogP contribution in [0.15, 0.2) is 24.5 Å². The van der Waals surface area contributed by atoms with Crippen molar-refractivity contribution in [2.24, 2.45) is 0 Å². The Kier molecular flexibility index (Phi) is 4.98. The predicted molar refractivity (Wildman–Crippen MR) is 77.0 cm³/mol. The highest BCUT2D eigenvalue weighted by molar-refractivity contribution is 6.32. The van der Waals surface area contributed by atoms with Gasteiger partial charge in [0.25, 0.3) is 0 Å². The molecule has 0 aliphatic heterocycles. The van der Waals surface area contributed by atoms with Crippen LogP contribution in [0.5, 0.6) is 5.75 Å². The van der Waals surface area contributed by atoms with E-state index in [4.69, 9.17) is 16.3 Å². The maximum absolute atomic E-state index is 10.3. The summed E-state index contributed by atoms with van der Waals surface area (Å²) in [6.45, 7) is 2.87. The first-order valence-electron chi connectivity index (χ1n) is 6.54. The number of nitrogens with zero attached hydrogens (tertiary/aromatic N) is 3. The lowest BCUT2D eigenvalue weighted by molar-refractivity contribution is 0.174. The Morgan fingerprint density at radius 1 is 1.45 bits per heavy atom. The van der Waals surface area contributed by atoms with Gasteiger partial charge in [0.2, 0.25) is 0 Å². The van der Waals surface area contributed by atoms with Crippen LogP contribution < -0.4 is 4.74 Å². The fourth-order valence-corrected chi connectivity index (χ4v) is 2.29. The van der Waals surface area contributed by atoms with Gasteiger partial charge in [-0.1, -0.05) is 24.6 Å². The Morgan fingerprint density at radius 2 is 2.25 bits per heavy atom. The molecule has 0 aliphatic carbocycles. The number of hydrogen-bond acceptors (Lipinski definition) is 4. The normalized spacial score (nSPS) is 12.4. The second-order valence-electron chi connectivity index (χ2n) is 4.51. The highest BCUT2D eigenvalue weighted by Crippen LogP contribution is 2.28. The van der Waals surface area contributed by atoms with Crippen LogP contribution in [-0.2, 0) is 13.0 Å². The van der Waals surface area contributed by atoms with Gasteiger partial charge in [0.15, 0.2) is 0 Å². The van der Waals surface area contributed by atoms with E-state index in [2.05, 4.69) is 17.0 Å². The maximum atomic E-state index is 10.3. The van der Waals surface area contributed by atoms with Gasteiger partial charge >= 0.3 is 0 Å². The Hall–Kier alpha value is -1.59. The van der Waals surface area contributed by atoms with Crippen LogP contribution in [0.25, 0.3) is 0 Å². The first kappa shape index (κ1) is 14.8. The topological polar surface area (TPSA) is 60.2 Å². The summed E-state index contributed by atoms with van der Waals surface area (Å²) in [6.07, 6.45) is 2.22. The number of hydrogen-bond donors (Lipinski definition) is 1. The molecule has 1 unspecified atom stereocenters. The largest absolute Gasteiger partial charge is 0.495 e. The van der Waals surface area contributed by atoms with Crippen molar-refractivity contribution < 1.29 is 9.84 Å². The van der Waals surface area contributed by atoms with Crippen molar-refractivity contribution in [3.63, 3.8) is 0 Å². The number of aryl methyl sites for hydroxylation is 1. The zero-order chi connectivity index (χ0) is 14.5. The zero-order valence-electron chi connectivity index (χ0n) is 11.6. The molecule has 0 saturated carbocycles. The predicted octanol–water partition coefficient (Wildman–Crippen LogP) is 2.63. The minimum atomic E-state index is -0.668. The number of aliphatic hydroxyl groups excluding tert-OH is 1. The van der Waals surface area contributed by atoms with Crippen LogP contribution in [0.2, 0.25) is 5.02 Å². The Morgan fingerprint density at radius 3 is 2.90 bits per heavy atom. The van der Waals surface area contributed by atoms with Crippen molar-refractivity contribution in [3.05, 3.63) is 40.9 Å². The zero-order valence-corrected chi connectivity index (χ0v) is 12.3. The summed E-state index contributed by atoms with van der Waals surface area (Å²) in [5, 5.41) is 14.9. The molecule has 2 rings (SSSR count). The molecule has 0 spiro atoms. The molecule has 0 radical (unpaired) electrons. The number of aliphatic hydroxyl groups is 1. The molecule has 1 N–H and O–H groups in total. The molecule has 0 bridgehead atoms. The second kappa shape index (κ2) is 6.72. The van der Waals surface area contributed by atoms with Gasteiger partial charge in [0.1, 0.15) is 17.9 Å². The standard InChI is InChI=1S/C14H18ClN3O2/c1-3-6-18-14(16-9-17-18)8-12(19)10-4-5-13(20-2)11(15)7-10/h4-5,7,9,12,19H,3,6,8H2,1-2H3. The second-order valence-corrected chi connectivity index (χ2v) is 4.92. The van der Waals surface area contributed by atoms with Crippen molar-refractivity contribution in [2.75, 3.05) is 7.11 Å². The lowest BCUT2D eigenvalue weighted by atomic mass is 10.1. The van der Waals surface area contributed by atoms with E-state index < -0.39 is 6.10 Å². The lowest BCUT2D eigenvalue weighted by Gasteiger charge is -2.13. The minimum absolute atomic E-state index is 0.405. The van der Waals surface area contributed by atoms with Gasteiger partial charge in [-0.25, -0.2) is 4.98 Å². The van der Waals surface area contributed by atoms with E-state index in [0.717, 1.165) is 24.4 Å². The Bertz CT molecular complexity index is 571. The summed E-state index contributed by atoms with van der Waals surface area (Å²) in [7, 11) is 1.56. The van der Waals surface area contributed by atoms with E-state index in [-0.39, 0.29) is 0 Å². The van der Waals surface area contributed by atoms with Crippen LogP contribution in [-0.4, -0.2) is 27.0 Å². The molecular weight excluding hydrogens is 278 g/mol. The average Bonchev–Trinajstić information content (AvgIpc) is 2.86. The van der Waals surface area contributed by atoms with E-state index in [1.54, 1.807) is 25.3 Å². The van der Waals surface area contributed by atoms with Gasteiger partial charge in [0, 0.05) is 13.0 Å². The molecule has 0 aliphatic rings. The maximum Gasteiger partial charge on any atom is 0.138 e. The van der Waals surface area contributed by atoms with Gasteiger partial charge < -0.3 is 9.84 Å². The summed E-state index contributed by atoms with van der Waals surface area (Å²) < 4.78 is 6.91. The highest BCUT2D eigenvalue weighted by Gasteiger charge is 2.14. The third-order valence-electron chi connectivity index (χ3n) is 3.07. The van der Waals surface area contributed by atoms with E-state index in [1.165, 1.54) is 6.33 Å². The first-order chi connectivity index (χ1) is 9.65. The van der Waals surface area contributed by atoms with Crippen LogP contribution in [0.1, 0.15) is 30.8 Å². The molecule has 1 aromatic heterocycles. The smallest absolute Gasteiger partial charge is 0.138 e. The molecule has 1 aromatic carbocycles. The Balaban J connectivity index is 2.13. The van der Waals surface area contributed by atoms with Gasteiger partial charge in [0.05, 0.1) is 18.2 Å². The average molecular weight is 296 g/mol. The fraction of sp³-hybridized carbons (Fsp3) is 0.429. The first-order valence-corrected chi connectivity index (χ1v) is 6.91. The number of benzene rings is 1. The van der Waals surface area contributed by atoms with E-state index in [1.807, 2.05) is 4.68 Å². The molecule has 0 amide bonds. The summed E-state index contributed by atoms with van der Waals surface area (Å²) in [5.74, 6) is 1.36. The molecule has 1 atom stereocenters. The van der Waals surface area contributed by atoms with Gasteiger partial charge in [-0.2, -0.15) is 5.10 Å². The van der Waals surface area contributed by atoms with Crippen molar-refractivity contribution in [2.45, 2.75) is 32.4 Å². The van der Waals surface area contributed by atoms with E-state index >= 15 is 0 Å². The number of aromatic nitrogens is 3. The van der Waals surface area contributed by atoms with Crippen molar-refractivity contribution in [1.29, 1.82) is 0 Å².